The zero-order valence-electron chi connectivity index (χ0n) is 10.9. The molecule has 0 aliphatic carbocycles. The molecule has 0 amide bonds. The molecule has 0 aliphatic rings. The molecule has 102 valence electrons. The predicted molar refractivity (Wildman–Crippen MR) is 87.3 cm³/mol. The van der Waals surface area contributed by atoms with Gasteiger partial charge in [0.25, 0.3) is 0 Å². The third-order valence-corrected chi connectivity index (χ3v) is 4.70. The molecule has 6 heteroatoms. The van der Waals surface area contributed by atoms with E-state index >= 15 is 0 Å². The standard InChI is InChI=1S/C15H10N4S2/c1-2-5-11(6-3-1)8-9-13-18-19-14(12-7-4-10-20-12)16-17-15(19)21-13/h1-10H/b9-8+. The number of fused-ring (bicyclic) bond motifs is 1. The van der Waals surface area contributed by atoms with Crippen LogP contribution in [0.25, 0.3) is 27.8 Å². The van der Waals surface area contributed by atoms with Crippen LogP contribution in [0.15, 0.2) is 47.8 Å². The van der Waals surface area contributed by atoms with Crippen molar-refractivity contribution >= 4 is 39.8 Å². The molecule has 4 nitrogen and oxygen atoms in total. The fraction of sp³-hybridized carbons (Fsp3) is 0. The number of benzene rings is 1. The summed E-state index contributed by atoms with van der Waals surface area (Å²) in [5.41, 5.74) is 1.15. The molecule has 21 heavy (non-hydrogen) atoms. The van der Waals surface area contributed by atoms with Crippen LogP contribution >= 0.6 is 22.7 Å². The molecule has 0 N–H and O–H groups in total. The van der Waals surface area contributed by atoms with Gasteiger partial charge in [0.05, 0.1) is 4.88 Å². The van der Waals surface area contributed by atoms with Crippen molar-refractivity contribution in [2.75, 3.05) is 0 Å². The average Bonchev–Trinajstić information content (AvgIpc) is 3.22. The monoisotopic (exact) mass is 310 g/mol. The van der Waals surface area contributed by atoms with E-state index in [1.54, 1.807) is 15.9 Å². The normalized spacial score (nSPS) is 11.6. The van der Waals surface area contributed by atoms with Gasteiger partial charge in [-0.05, 0) is 23.1 Å². The van der Waals surface area contributed by atoms with E-state index in [-0.39, 0.29) is 0 Å². The summed E-state index contributed by atoms with van der Waals surface area (Å²) in [5.74, 6) is 0.801. The predicted octanol–water partition coefficient (Wildman–Crippen LogP) is 4.08. The van der Waals surface area contributed by atoms with Crippen LogP contribution in [-0.4, -0.2) is 19.8 Å². The molecule has 4 aromatic rings. The van der Waals surface area contributed by atoms with E-state index in [4.69, 9.17) is 0 Å². The molecule has 0 fully saturated rings. The van der Waals surface area contributed by atoms with E-state index in [0.717, 1.165) is 26.2 Å². The lowest BCUT2D eigenvalue weighted by atomic mass is 10.2. The Morgan fingerprint density at radius 2 is 1.86 bits per heavy atom. The maximum atomic E-state index is 4.57. The summed E-state index contributed by atoms with van der Waals surface area (Å²) in [6.07, 6.45) is 4.06. The number of thiophene rings is 1. The van der Waals surface area contributed by atoms with E-state index in [0.29, 0.717) is 0 Å². The maximum absolute atomic E-state index is 4.57. The molecule has 3 heterocycles. The lowest BCUT2D eigenvalue weighted by Crippen LogP contribution is -1.88. The quantitative estimate of drug-likeness (QED) is 0.572. The van der Waals surface area contributed by atoms with E-state index in [2.05, 4.69) is 33.5 Å². The van der Waals surface area contributed by atoms with Gasteiger partial charge in [-0.1, -0.05) is 53.8 Å². The van der Waals surface area contributed by atoms with Gasteiger partial charge in [0.2, 0.25) is 4.96 Å². The third-order valence-electron chi connectivity index (χ3n) is 2.97. The molecular formula is C15H10N4S2. The Bertz CT molecular complexity index is 888. The Hall–Kier alpha value is -2.31. The van der Waals surface area contributed by atoms with Crippen molar-refractivity contribution in [1.29, 1.82) is 0 Å². The minimum absolute atomic E-state index is 0.801. The second-order valence-electron chi connectivity index (χ2n) is 4.38. The molecule has 0 saturated heterocycles. The van der Waals surface area contributed by atoms with Crippen molar-refractivity contribution in [2.45, 2.75) is 0 Å². The zero-order chi connectivity index (χ0) is 14.1. The van der Waals surface area contributed by atoms with Crippen molar-refractivity contribution in [2.24, 2.45) is 0 Å². The molecule has 0 unspecified atom stereocenters. The topological polar surface area (TPSA) is 43.1 Å². The van der Waals surface area contributed by atoms with Crippen LogP contribution in [0, 0.1) is 0 Å². The molecule has 1 aromatic carbocycles. The Labute approximate surface area is 129 Å². The van der Waals surface area contributed by atoms with Crippen LogP contribution in [0.2, 0.25) is 0 Å². The van der Waals surface area contributed by atoms with Crippen molar-refractivity contribution in [1.82, 2.24) is 19.8 Å². The lowest BCUT2D eigenvalue weighted by Gasteiger charge is -1.90. The average molecular weight is 310 g/mol. The molecule has 0 radical (unpaired) electrons. The Morgan fingerprint density at radius 1 is 0.952 bits per heavy atom. The molecule has 4 rings (SSSR count). The van der Waals surface area contributed by atoms with E-state index in [9.17, 15) is 0 Å². The van der Waals surface area contributed by atoms with E-state index in [1.807, 2.05) is 41.8 Å². The van der Waals surface area contributed by atoms with Gasteiger partial charge in [-0.3, -0.25) is 0 Å². The van der Waals surface area contributed by atoms with Gasteiger partial charge in [0.15, 0.2) is 5.82 Å². The summed E-state index contributed by atoms with van der Waals surface area (Å²) in [6.45, 7) is 0. The molecular weight excluding hydrogens is 300 g/mol. The van der Waals surface area contributed by atoms with Gasteiger partial charge in [-0.2, -0.15) is 9.61 Å². The SMILES string of the molecule is C(=C\c1nn2c(-c3cccs3)nnc2s1)/c1ccccc1. The van der Waals surface area contributed by atoms with Gasteiger partial charge >= 0.3 is 0 Å². The highest BCUT2D eigenvalue weighted by molar-refractivity contribution is 7.17. The smallest absolute Gasteiger partial charge is 0.181 e. The summed E-state index contributed by atoms with van der Waals surface area (Å²) in [6, 6.07) is 14.2. The van der Waals surface area contributed by atoms with Crippen LogP contribution in [0.3, 0.4) is 0 Å². The highest BCUT2D eigenvalue weighted by Gasteiger charge is 2.12. The van der Waals surface area contributed by atoms with Crippen LogP contribution in [0.5, 0.6) is 0 Å². The molecule has 0 bridgehead atoms. The molecule has 0 spiro atoms. The summed E-state index contributed by atoms with van der Waals surface area (Å²) < 4.78 is 1.81. The van der Waals surface area contributed by atoms with Gasteiger partial charge in [-0.15, -0.1) is 21.5 Å². The molecule has 3 aromatic heterocycles. The Kier molecular flexibility index (Phi) is 3.10. The van der Waals surface area contributed by atoms with Gasteiger partial charge in [0, 0.05) is 0 Å². The maximum Gasteiger partial charge on any atom is 0.235 e. The minimum Gasteiger partial charge on any atom is -0.181 e. The lowest BCUT2D eigenvalue weighted by molar-refractivity contribution is 0.963. The highest BCUT2D eigenvalue weighted by Crippen LogP contribution is 2.25. The van der Waals surface area contributed by atoms with Crippen LogP contribution < -0.4 is 0 Å². The van der Waals surface area contributed by atoms with Crippen LogP contribution in [0.4, 0.5) is 0 Å². The summed E-state index contributed by atoms with van der Waals surface area (Å²) in [5, 5.41) is 15.9. The fourth-order valence-electron chi connectivity index (χ4n) is 1.99. The van der Waals surface area contributed by atoms with E-state index in [1.165, 1.54) is 11.3 Å². The van der Waals surface area contributed by atoms with Crippen molar-refractivity contribution < 1.29 is 0 Å². The number of nitrogens with zero attached hydrogens (tertiary/aromatic N) is 4. The largest absolute Gasteiger partial charge is 0.235 e. The van der Waals surface area contributed by atoms with Crippen LogP contribution in [-0.2, 0) is 0 Å². The van der Waals surface area contributed by atoms with Gasteiger partial charge in [-0.25, -0.2) is 0 Å². The fourth-order valence-corrected chi connectivity index (χ4v) is 3.42. The highest BCUT2D eigenvalue weighted by atomic mass is 32.1. The number of hydrogen-bond acceptors (Lipinski definition) is 5. The summed E-state index contributed by atoms with van der Waals surface area (Å²) in [7, 11) is 0. The first-order chi connectivity index (χ1) is 10.4. The summed E-state index contributed by atoms with van der Waals surface area (Å²) >= 11 is 3.17. The third kappa shape index (κ3) is 2.39. The second kappa shape index (κ2) is 5.23. The first-order valence-corrected chi connectivity index (χ1v) is 8.09. The molecule has 0 atom stereocenters. The van der Waals surface area contributed by atoms with E-state index < -0.39 is 0 Å². The number of hydrogen-bond donors (Lipinski definition) is 0. The molecule has 0 aliphatic heterocycles. The number of rotatable bonds is 3. The first-order valence-electron chi connectivity index (χ1n) is 6.39. The molecule has 0 saturated carbocycles. The van der Waals surface area contributed by atoms with Gasteiger partial charge < -0.3 is 0 Å². The van der Waals surface area contributed by atoms with Crippen molar-refractivity contribution in [3.8, 4) is 10.7 Å². The van der Waals surface area contributed by atoms with Gasteiger partial charge in [0.1, 0.15) is 5.01 Å². The van der Waals surface area contributed by atoms with Crippen LogP contribution in [0.1, 0.15) is 10.6 Å². The Morgan fingerprint density at radius 3 is 2.67 bits per heavy atom. The first kappa shape index (κ1) is 12.4. The second-order valence-corrected chi connectivity index (χ2v) is 6.31. The minimum atomic E-state index is 0.801. The Balaban J connectivity index is 1.70. The summed E-state index contributed by atoms with van der Waals surface area (Å²) in [4.78, 5) is 1.89. The zero-order valence-corrected chi connectivity index (χ0v) is 12.5. The van der Waals surface area contributed by atoms with Crippen molar-refractivity contribution in [3.05, 3.63) is 58.4 Å². The number of aromatic nitrogens is 4. The van der Waals surface area contributed by atoms with Crippen molar-refractivity contribution in [3.63, 3.8) is 0 Å².